The second-order valence-corrected chi connectivity index (χ2v) is 9.01. The fourth-order valence-corrected chi connectivity index (χ4v) is 3.87. The number of benzene rings is 3. The van der Waals surface area contributed by atoms with E-state index in [1.807, 2.05) is 37.3 Å². The zero-order valence-corrected chi connectivity index (χ0v) is 18.6. The number of rotatable bonds is 8. The van der Waals surface area contributed by atoms with Crippen molar-refractivity contribution in [2.75, 3.05) is 5.32 Å². The number of hydrogen-bond donors (Lipinski definition) is 2. The highest BCUT2D eigenvalue weighted by Gasteiger charge is 2.21. The molecule has 1 amide bonds. The summed E-state index contributed by atoms with van der Waals surface area (Å²) in [6, 6.07) is 21.8. The van der Waals surface area contributed by atoms with Gasteiger partial charge in [-0.25, -0.2) is 17.9 Å². The van der Waals surface area contributed by atoms with Crippen molar-refractivity contribution in [3.05, 3.63) is 95.6 Å². The molecule has 8 heteroatoms. The van der Waals surface area contributed by atoms with Gasteiger partial charge in [0.05, 0.1) is 10.5 Å². The summed E-state index contributed by atoms with van der Waals surface area (Å²) in [6.45, 7) is 3.50. The molecule has 3 aromatic carbocycles. The topological polar surface area (TPSA) is 102 Å². The van der Waals surface area contributed by atoms with Gasteiger partial charge in [0.15, 0.2) is 6.10 Å². The number of esters is 1. The molecule has 1 atom stereocenters. The number of aryl methyl sites for hydroxylation is 1. The predicted molar refractivity (Wildman–Crippen MR) is 122 cm³/mol. The summed E-state index contributed by atoms with van der Waals surface area (Å²) in [5.41, 5.74) is 2.47. The lowest BCUT2D eigenvalue weighted by Gasteiger charge is -2.14. The monoisotopic (exact) mass is 452 g/mol. The van der Waals surface area contributed by atoms with Gasteiger partial charge >= 0.3 is 5.97 Å². The van der Waals surface area contributed by atoms with Crippen LogP contribution in [0.25, 0.3) is 0 Å². The minimum atomic E-state index is -3.84. The lowest BCUT2D eigenvalue weighted by molar-refractivity contribution is -0.123. The van der Waals surface area contributed by atoms with E-state index in [0.29, 0.717) is 5.69 Å². The minimum Gasteiger partial charge on any atom is -0.449 e. The first-order valence-corrected chi connectivity index (χ1v) is 11.4. The highest BCUT2D eigenvalue weighted by atomic mass is 32.2. The average molecular weight is 453 g/mol. The first-order valence-electron chi connectivity index (χ1n) is 9.97. The summed E-state index contributed by atoms with van der Waals surface area (Å²) in [5, 5.41) is 2.67. The summed E-state index contributed by atoms with van der Waals surface area (Å²) >= 11 is 0. The first kappa shape index (κ1) is 23.2. The van der Waals surface area contributed by atoms with Crippen molar-refractivity contribution in [1.29, 1.82) is 0 Å². The Morgan fingerprint density at radius 2 is 1.62 bits per heavy atom. The van der Waals surface area contributed by atoms with E-state index >= 15 is 0 Å². The third kappa shape index (κ3) is 6.26. The largest absolute Gasteiger partial charge is 0.449 e. The maximum Gasteiger partial charge on any atom is 0.338 e. The van der Waals surface area contributed by atoms with E-state index in [9.17, 15) is 18.0 Å². The van der Waals surface area contributed by atoms with Gasteiger partial charge in [-0.3, -0.25) is 4.79 Å². The van der Waals surface area contributed by atoms with Crippen LogP contribution < -0.4 is 10.0 Å². The molecular weight excluding hydrogens is 428 g/mol. The van der Waals surface area contributed by atoms with Crippen molar-refractivity contribution in [2.24, 2.45) is 0 Å². The summed E-state index contributed by atoms with van der Waals surface area (Å²) in [7, 11) is -3.84. The van der Waals surface area contributed by atoms with Crippen LogP contribution in [-0.2, 0) is 26.1 Å². The highest BCUT2D eigenvalue weighted by molar-refractivity contribution is 7.89. The van der Waals surface area contributed by atoms with Crippen LogP contribution in [0.1, 0.15) is 28.4 Å². The molecule has 0 aromatic heterocycles. The molecule has 0 bridgehead atoms. The van der Waals surface area contributed by atoms with Crippen LogP contribution >= 0.6 is 0 Å². The Bertz CT molecular complexity index is 1190. The third-order valence-electron chi connectivity index (χ3n) is 4.66. The molecule has 0 saturated carbocycles. The van der Waals surface area contributed by atoms with Gasteiger partial charge in [0, 0.05) is 12.2 Å². The number of nitrogens with one attached hydrogen (secondary N) is 2. The normalized spacial score (nSPS) is 12.1. The molecule has 0 radical (unpaired) electrons. The lowest BCUT2D eigenvalue weighted by Crippen LogP contribution is -2.30. The quantitative estimate of drug-likeness (QED) is 0.508. The Balaban J connectivity index is 1.63. The third-order valence-corrected chi connectivity index (χ3v) is 6.06. The Kier molecular flexibility index (Phi) is 7.40. The molecule has 32 heavy (non-hydrogen) atoms. The van der Waals surface area contributed by atoms with Crippen LogP contribution in [0, 0.1) is 6.92 Å². The van der Waals surface area contributed by atoms with Crippen LogP contribution in [0.2, 0.25) is 0 Å². The molecule has 0 fully saturated rings. The van der Waals surface area contributed by atoms with E-state index < -0.39 is 28.0 Å². The Morgan fingerprint density at radius 1 is 0.938 bits per heavy atom. The number of sulfonamides is 1. The van der Waals surface area contributed by atoms with Gasteiger partial charge in [0.25, 0.3) is 5.91 Å². The fraction of sp³-hybridized carbons (Fsp3) is 0.167. The van der Waals surface area contributed by atoms with Gasteiger partial charge in [-0.15, -0.1) is 0 Å². The predicted octanol–water partition coefficient (Wildman–Crippen LogP) is 3.66. The summed E-state index contributed by atoms with van der Waals surface area (Å²) in [4.78, 5) is 24.7. The van der Waals surface area contributed by atoms with Gasteiger partial charge in [-0.2, -0.15) is 0 Å². The van der Waals surface area contributed by atoms with Crippen LogP contribution in [0.3, 0.4) is 0 Å². The maximum atomic E-state index is 12.6. The first-order chi connectivity index (χ1) is 15.2. The zero-order chi connectivity index (χ0) is 23.1. The SMILES string of the molecule is Cc1ccc(NC(=O)C(C)OC(=O)c2cccc(S(=O)(=O)NCc3ccccc3)c2)cc1. The minimum absolute atomic E-state index is 0.0302. The molecule has 0 aliphatic rings. The van der Waals surface area contributed by atoms with Crippen molar-refractivity contribution < 1.29 is 22.7 Å². The van der Waals surface area contributed by atoms with E-state index in [2.05, 4.69) is 10.0 Å². The molecule has 0 saturated heterocycles. The molecular formula is C24H24N2O5S. The second kappa shape index (κ2) is 10.2. The lowest BCUT2D eigenvalue weighted by atomic mass is 10.2. The molecule has 0 heterocycles. The Hall–Kier alpha value is -3.49. The van der Waals surface area contributed by atoms with Gasteiger partial charge in [-0.05, 0) is 49.7 Å². The summed E-state index contributed by atoms with van der Waals surface area (Å²) in [6.07, 6.45) is -1.07. The van der Waals surface area contributed by atoms with Crippen molar-refractivity contribution in [2.45, 2.75) is 31.4 Å². The van der Waals surface area contributed by atoms with Crippen LogP contribution in [-0.4, -0.2) is 26.4 Å². The fourth-order valence-electron chi connectivity index (χ4n) is 2.81. The van der Waals surface area contributed by atoms with E-state index in [1.165, 1.54) is 31.2 Å². The van der Waals surface area contributed by atoms with E-state index in [1.54, 1.807) is 24.3 Å². The summed E-state index contributed by atoms with van der Waals surface area (Å²) < 4.78 is 32.9. The average Bonchev–Trinajstić information content (AvgIpc) is 2.80. The smallest absolute Gasteiger partial charge is 0.338 e. The van der Waals surface area contributed by atoms with E-state index in [0.717, 1.165) is 11.1 Å². The molecule has 3 rings (SSSR count). The number of carbonyl (C=O) groups excluding carboxylic acids is 2. The van der Waals surface area contributed by atoms with Gasteiger partial charge in [0.2, 0.25) is 10.0 Å². The number of ether oxygens (including phenoxy) is 1. The Morgan fingerprint density at radius 3 is 2.31 bits per heavy atom. The number of hydrogen-bond acceptors (Lipinski definition) is 5. The summed E-state index contributed by atoms with van der Waals surface area (Å²) in [5.74, 6) is -1.29. The molecule has 2 N–H and O–H groups in total. The molecule has 7 nitrogen and oxygen atoms in total. The van der Waals surface area contributed by atoms with Crippen molar-refractivity contribution in [3.8, 4) is 0 Å². The zero-order valence-electron chi connectivity index (χ0n) is 17.7. The number of anilines is 1. The standard InChI is InChI=1S/C24H24N2O5S/c1-17-11-13-21(14-12-17)26-23(27)18(2)31-24(28)20-9-6-10-22(15-20)32(29,30)25-16-19-7-4-3-5-8-19/h3-15,18,25H,16H2,1-2H3,(H,26,27). The molecule has 0 aliphatic heterocycles. The molecule has 0 spiro atoms. The van der Waals surface area contributed by atoms with Crippen LogP contribution in [0.5, 0.6) is 0 Å². The maximum absolute atomic E-state index is 12.6. The van der Waals surface area contributed by atoms with Crippen molar-refractivity contribution in [1.82, 2.24) is 4.72 Å². The number of carbonyl (C=O) groups is 2. The highest BCUT2D eigenvalue weighted by Crippen LogP contribution is 2.15. The molecule has 3 aromatic rings. The van der Waals surface area contributed by atoms with Gasteiger partial charge < -0.3 is 10.1 Å². The Labute approximate surface area is 187 Å². The number of amides is 1. The van der Waals surface area contributed by atoms with Crippen LogP contribution in [0.4, 0.5) is 5.69 Å². The van der Waals surface area contributed by atoms with E-state index in [-0.39, 0.29) is 17.0 Å². The van der Waals surface area contributed by atoms with Crippen LogP contribution in [0.15, 0.2) is 83.8 Å². The molecule has 166 valence electrons. The van der Waals surface area contributed by atoms with Crippen molar-refractivity contribution in [3.63, 3.8) is 0 Å². The molecule has 0 aliphatic carbocycles. The van der Waals surface area contributed by atoms with Gasteiger partial charge in [-0.1, -0.05) is 54.1 Å². The van der Waals surface area contributed by atoms with Gasteiger partial charge in [0.1, 0.15) is 0 Å². The molecule has 1 unspecified atom stereocenters. The van der Waals surface area contributed by atoms with Crippen molar-refractivity contribution >= 4 is 27.6 Å². The second-order valence-electron chi connectivity index (χ2n) is 7.24. The van der Waals surface area contributed by atoms with E-state index in [4.69, 9.17) is 4.74 Å².